The molecule has 0 aromatic heterocycles. The van der Waals surface area contributed by atoms with Crippen molar-refractivity contribution >= 4 is 29.3 Å². The number of methoxy groups -OCH3 is 1. The van der Waals surface area contributed by atoms with Gasteiger partial charge in [-0.2, -0.15) is 12.6 Å². The van der Waals surface area contributed by atoms with Crippen molar-refractivity contribution in [3.05, 3.63) is 71.8 Å². The van der Waals surface area contributed by atoms with Gasteiger partial charge in [0.05, 0.1) is 11.2 Å². The van der Waals surface area contributed by atoms with E-state index >= 15 is 0 Å². The van der Waals surface area contributed by atoms with Gasteiger partial charge in [0.25, 0.3) is 0 Å². The smallest absolute Gasteiger partial charge is 0.118 e. The van der Waals surface area contributed by atoms with E-state index in [-0.39, 0.29) is 4.08 Å². The van der Waals surface area contributed by atoms with Crippen molar-refractivity contribution in [2.75, 3.05) is 7.11 Å². The molecule has 1 saturated carbocycles. The lowest BCUT2D eigenvalue weighted by molar-refractivity contribution is 0.322. The predicted molar refractivity (Wildman–Crippen MR) is 111 cm³/mol. The quantitative estimate of drug-likeness (QED) is 0.629. The Kier molecular flexibility index (Phi) is 4.88. The molecule has 130 valence electrons. The maximum absolute atomic E-state index is 5.34. The van der Waals surface area contributed by atoms with Gasteiger partial charge >= 0.3 is 0 Å². The van der Waals surface area contributed by atoms with Gasteiger partial charge in [-0.05, 0) is 42.0 Å². The van der Waals surface area contributed by atoms with Crippen LogP contribution >= 0.6 is 24.4 Å². The average molecular weight is 369 g/mol. The molecule has 2 aliphatic rings. The molecule has 1 aliphatic heterocycles. The molecule has 0 amide bonds. The largest absolute Gasteiger partial charge is 0.497 e. The van der Waals surface area contributed by atoms with Gasteiger partial charge in [0, 0.05) is 10.8 Å². The van der Waals surface area contributed by atoms with Crippen molar-refractivity contribution in [3.63, 3.8) is 0 Å². The summed E-state index contributed by atoms with van der Waals surface area (Å²) in [6.07, 6.45) is 7.51. The summed E-state index contributed by atoms with van der Waals surface area (Å²) in [6, 6.07) is 19.4. The zero-order valence-electron chi connectivity index (χ0n) is 14.5. The number of fused-ring (bicyclic) bond motifs is 1. The van der Waals surface area contributed by atoms with Crippen LogP contribution < -0.4 is 4.74 Å². The highest BCUT2D eigenvalue weighted by molar-refractivity contribution is 8.18. The van der Waals surface area contributed by atoms with E-state index in [0.29, 0.717) is 11.8 Å². The first-order valence-electron chi connectivity index (χ1n) is 9.02. The van der Waals surface area contributed by atoms with Crippen LogP contribution in [0.3, 0.4) is 0 Å². The molecule has 1 fully saturated rings. The fraction of sp³-hybridized carbons (Fsp3) is 0.364. The Morgan fingerprint density at radius 3 is 2.52 bits per heavy atom. The average Bonchev–Trinajstić information content (AvgIpc) is 2.67. The third-order valence-electron chi connectivity index (χ3n) is 5.49. The third kappa shape index (κ3) is 3.37. The Bertz CT molecular complexity index is 753. The predicted octanol–water partition coefficient (Wildman–Crippen LogP) is 6.38. The minimum absolute atomic E-state index is 0.0305. The summed E-state index contributed by atoms with van der Waals surface area (Å²) in [6.45, 7) is 0. The summed E-state index contributed by atoms with van der Waals surface area (Å²) in [5, 5.41) is 0. The second-order valence-corrected chi connectivity index (χ2v) is 9.47. The lowest BCUT2D eigenvalue weighted by atomic mass is 9.75. The maximum Gasteiger partial charge on any atom is 0.118 e. The molecule has 0 radical (unpaired) electrons. The van der Waals surface area contributed by atoms with Crippen LogP contribution in [-0.2, 0) is 0 Å². The molecule has 3 heteroatoms. The van der Waals surface area contributed by atoms with Crippen molar-refractivity contribution in [3.8, 4) is 5.75 Å². The van der Waals surface area contributed by atoms with Gasteiger partial charge in [0.2, 0.25) is 0 Å². The molecule has 0 unspecified atom stereocenters. The van der Waals surface area contributed by atoms with Crippen LogP contribution in [0.15, 0.2) is 60.7 Å². The molecular weight excluding hydrogens is 344 g/mol. The molecule has 0 N–H and O–H groups in total. The van der Waals surface area contributed by atoms with Gasteiger partial charge < -0.3 is 4.74 Å². The van der Waals surface area contributed by atoms with E-state index in [1.807, 2.05) is 11.8 Å². The summed E-state index contributed by atoms with van der Waals surface area (Å²) in [4.78, 5) is 1.37. The van der Waals surface area contributed by atoms with E-state index in [1.165, 1.54) is 41.7 Å². The zero-order valence-corrected chi connectivity index (χ0v) is 16.2. The molecule has 2 aromatic carbocycles. The first-order valence-corrected chi connectivity index (χ1v) is 10.3. The molecule has 4 rings (SSSR count). The highest BCUT2D eigenvalue weighted by Crippen LogP contribution is 2.60. The molecule has 25 heavy (non-hydrogen) atoms. The fourth-order valence-corrected chi connectivity index (χ4v) is 6.41. The second-order valence-electron chi connectivity index (χ2n) is 7.00. The number of rotatable bonds is 3. The minimum Gasteiger partial charge on any atom is -0.497 e. The van der Waals surface area contributed by atoms with Gasteiger partial charge in [-0.15, -0.1) is 11.8 Å². The molecule has 1 heterocycles. The number of hydrogen-bond donors (Lipinski definition) is 1. The van der Waals surface area contributed by atoms with Crippen LogP contribution in [-0.4, -0.2) is 11.2 Å². The van der Waals surface area contributed by atoms with E-state index in [1.54, 1.807) is 7.11 Å². The highest BCUT2D eigenvalue weighted by Gasteiger charge is 2.46. The number of benzene rings is 2. The van der Waals surface area contributed by atoms with E-state index in [0.717, 1.165) is 5.75 Å². The van der Waals surface area contributed by atoms with Crippen molar-refractivity contribution in [2.45, 2.75) is 35.7 Å². The molecular formula is C22H24OS2. The van der Waals surface area contributed by atoms with Gasteiger partial charge in [-0.25, -0.2) is 0 Å². The normalized spacial score (nSPS) is 28.8. The van der Waals surface area contributed by atoms with E-state index < -0.39 is 0 Å². The second kappa shape index (κ2) is 7.13. The third-order valence-corrected chi connectivity index (χ3v) is 7.77. The van der Waals surface area contributed by atoms with Crippen molar-refractivity contribution in [1.29, 1.82) is 0 Å². The molecule has 1 nitrogen and oxygen atoms in total. The summed E-state index contributed by atoms with van der Waals surface area (Å²) < 4.78 is 5.37. The minimum atomic E-state index is 0.0305. The molecule has 3 atom stereocenters. The fourth-order valence-electron chi connectivity index (χ4n) is 4.16. The Hall–Kier alpha value is -1.32. The van der Waals surface area contributed by atoms with Crippen LogP contribution in [0, 0.1) is 5.92 Å². The summed E-state index contributed by atoms with van der Waals surface area (Å²) in [5.74, 6) is 1.91. The SMILES string of the molecule is COc1ccc([C@H]2C=C(c3ccccc3)S[C@]3(S)CCCC[C@H]23)cc1. The van der Waals surface area contributed by atoms with Crippen LogP contribution in [0.25, 0.3) is 4.91 Å². The first-order chi connectivity index (χ1) is 12.2. The number of hydrogen-bond acceptors (Lipinski definition) is 3. The van der Waals surface area contributed by atoms with Gasteiger partial charge in [0.1, 0.15) is 5.75 Å². The zero-order chi connectivity index (χ0) is 17.3. The van der Waals surface area contributed by atoms with E-state index in [4.69, 9.17) is 17.4 Å². The maximum atomic E-state index is 5.34. The van der Waals surface area contributed by atoms with Crippen LogP contribution in [0.2, 0.25) is 0 Å². The standard InChI is InChI=1S/C22H24OS2/c1-23-18-12-10-16(11-13-18)19-15-21(17-7-3-2-4-8-17)25-22(24)14-6-5-9-20(19)22/h2-4,7-8,10-13,15,19-20,24H,5-6,9,14H2,1H3/t19-,20-,22-/m1/s1. The summed E-state index contributed by atoms with van der Waals surface area (Å²) >= 11 is 7.21. The molecule has 2 aromatic rings. The monoisotopic (exact) mass is 368 g/mol. The molecule has 0 bridgehead atoms. The molecule has 0 saturated heterocycles. The lowest BCUT2D eigenvalue weighted by Gasteiger charge is -2.47. The Morgan fingerprint density at radius 2 is 1.80 bits per heavy atom. The highest BCUT2D eigenvalue weighted by atomic mass is 32.2. The summed E-state index contributed by atoms with van der Waals surface area (Å²) in [7, 11) is 1.72. The van der Waals surface area contributed by atoms with Crippen molar-refractivity contribution in [1.82, 2.24) is 0 Å². The van der Waals surface area contributed by atoms with Crippen molar-refractivity contribution < 1.29 is 4.74 Å². The first kappa shape index (κ1) is 17.1. The topological polar surface area (TPSA) is 9.23 Å². The van der Waals surface area contributed by atoms with Crippen LogP contribution in [0.1, 0.15) is 42.7 Å². The van der Waals surface area contributed by atoms with Gasteiger partial charge in [0.15, 0.2) is 0 Å². The number of thioether (sulfide) groups is 1. The summed E-state index contributed by atoms with van der Waals surface area (Å²) in [5.41, 5.74) is 2.68. The number of thiol groups is 1. The Labute approximate surface area is 160 Å². The van der Waals surface area contributed by atoms with Gasteiger partial charge in [-0.3, -0.25) is 0 Å². The van der Waals surface area contributed by atoms with E-state index in [2.05, 4.69) is 60.7 Å². The Morgan fingerprint density at radius 1 is 1.04 bits per heavy atom. The number of allylic oxidation sites excluding steroid dienone is 1. The molecule has 1 aliphatic carbocycles. The van der Waals surface area contributed by atoms with Crippen molar-refractivity contribution in [2.24, 2.45) is 5.92 Å². The van der Waals surface area contributed by atoms with Gasteiger partial charge in [-0.1, -0.05) is 61.4 Å². The Balaban J connectivity index is 1.77. The number of ether oxygens (including phenoxy) is 1. The lowest BCUT2D eigenvalue weighted by Crippen LogP contribution is -2.38. The molecule has 0 spiro atoms. The van der Waals surface area contributed by atoms with Crippen LogP contribution in [0.4, 0.5) is 0 Å². The van der Waals surface area contributed by atoms with E-state index in [9.17, 15) is 0 Å². The van der Waals surface area contributed by atoms with Crippen LogP contribution in [0.5, 0.6) is 5.75 Å².